The lowest BCUT2D eigenvalue weighted by atomic mass is 9.90. The van der Waals surface area contributed by atoms with Crippen LogP contribution in [0.15, 0.2) is 24.3 Å². The summed E-state index contributed by atoms with van der Waals surface area (Å²) in [6.07, 6.45) is 0.763. The largest absolute Gasteiger partial charge is 0.298 e. The van der Waals surface area contributed by atoms with Crippen LogP contribution < -0.4 is 0 Å². The molecule has 0 aliphatic heterocycles. The highest BCUT2D eigenvalue weighted by molar-refractivity contribution is 6.32. The highest BCUT2D eigenvalue weighted by Crippen LogP contribution is 2.29. The Morgan fingerprint density at radius 2 is 1.90 bits per heavy atom. The van der Waals surface area contributed by atoms with Crippen LogP contribution in [0, 0.1) is 0 Å². The fourth-order valence-corrected chi connectivity index (χ4v) is 2.43. The minimum Gasteiger partial charge on any atom is -0.298 e. The quantitative estimate of drug-likeness (QED) is 0.790. The van der Waals surface area contributed by atoms with Gasteiger partial charge in [0.2, 0.25) is 0 Å². The van der Waals surface area contributed by atoms with Crippen LogP contribution in [-0.4, -0.2) is 16.1 Å². The molecule has 2 rings (SSSR count). The Morgan fingerprint density at radius 3 is 2.40 bits per heavy atom. The van der Waals surface area contributed by atoms with E-state index in [4.69, 9.17) is 23.2 Å². The van der Waals surface area contributed by atoms with Crippen molar-refractivity contribution in [2.24, 2.45) is 0 Å². The van der Waals surface area contributed by atoms with E-state index >= 15 is 0 Å². The lowest BCUT2D eigenvalue weighted by Crippen LogP contribution is -2.15. The third kappa shape index (κ3) is 2.89. The lowest BCUT2D eigenvalue weighted by molar-refractivity contribution is 0.112. The molecule has 0 spiro atoms. The molecule has 5 heteroatoms. The van der Waals surface area contributed by atoms with Gasteiger partial charge in [-0.25, -0.2) is 4.68 Å². The van der Waals surface area contributed by atoms with Gasteiger partial charge >= 0.3 is 0 Å². The zero-order chi connectivity index (χ0) is 14.9. The Hall–Kier alpha value is -1.32. The molecule has 1 heterocycles. The molecule has 0 N–H and O–H groups in total. The minimum atomic E-state index is -0.244. The summed E-state index contributed by atoms with van der Waals surface area (Å²) >= 11 is 12.4. The smallest absolute Gasteiger partial charge is 0.155 e. The second-order valence-electron chi connectivity index (χ2n) is 5.67. The molecule has 0 amide bonds. The van der Waals surface area contributed by atoms with Gasteiger partial charge in [-0.3, -0.25) is 4.79 Å². The number of nitrogens with zero attached hydrogens (tertiary/aromatic N) is 2. The van der Waals surface area contributed by atoms with Crippen molar-refractivity contribution >= 4 is 29.5 Å². The topological polar surface area (TPSA) is 34.9 Å². The Balaban J connectivity index is 2.46. The second kappa shape index (κ2) is 5.58. The van der Waals surface area contributed by atoms with Gasteiger partial charge in [-0.05, 0) is 11.6 Å². The van der Waals surface area contributed by atoms with Crippen molar-refractivity contribution in [3.63, 3.8) is 0 Å². The van der Waals surface area contributed by atoms with E-state index in [0.717, 1.165) is 11.8 Å². The van der Waals surface area contributed by atoms with Crippen molar-refractivity contribution in [1.82, 2.24) is 9.78 Å². The van der Waals surface area contributed by atoms with E-state index in [0.29, 0.717) is 28.0 Å². The highest BCUT2D eigenvalue weighted by Gasteiger charge is 2.25. The Labute approximate surface area is 128 Å². The number of benzene rings is 1. The van der Waals surface area contributed by atoms with Crippen molar-refractivity contribution in [1.29, 1.82) is 0 Å². The van der Waals surface area contributed by atoms with Gasteiger partial charge in [0, 0.05) is 10.4 Å². The van der Waals surface area contributed by atoms with Gasteiger partial charge in [-0.15, -0.1) is 0 Å². The fraction of sp³-hybridized carbons (Fsp3) is 0.333. The summed E-state index contributed by atoms with van der Waals surface area (Å²) in [5.74, 6) is 0. The average Bonchev–Trinajstić information content (AvgIpc) is 2.69. The summed E-state index contributed by atoms with van der Waals surface area (Å²) in [5.41, 5.74) is 1.82. The van der Waals surface area contributed by atoms with E-state index in [1.807, 2.05) is 45.0 Å². The number of hydrogen-bond donors (Lipinski definition) is 0. The van der Waals surface area contributed by atoms with E-state index in [-0.39, 0.29) is 5.41 Å². The molecule has 0 saturated carbocycles. The van der Waals surface area contributed by atoms with Crippen LogP contribution in [0.25, 0.3) is 0 Å². The molecular weight excluding hydrogens is 295 g/mol. The molecule has 0 saturated heterocycles. The van der Waals surface area contributed by atoms with Gasteiger partial charge in [-0.2, -0.15) is 5.10 Å². The first kappa shape index (κ1) is 15.1. The van der Waals surface area contributed by atoms with Crippen LogP contribution in [0.1, 0.15) is 42.4 Å². The summed E-state index contributed by atoms with van der Waals surface area (Å²) < 4.78 is 1.62. The monoisotopic (exact) mass is 310 g/mol. The summed E-state index contributed by atoms with van der Waals surface area (Å²) in [4.78, 5) is 11.3. The SMILES string of the molecule is CC(C)(C)c1nn(Cc2ccccc2Cl)c(Cl)c1C=O. The maximum Gasteiger partial charge on any atom is 0.155 e. The molecule has 0 aliphatic rings. The van der Waals surface area contributed by atoms with Crippen LogP contribution in [0.2, 0.25) is 10.2 Å². The lowest BCUT2D eigenvalue weighted by Gasteiger charge is -2.15. The molecule has 20 heavy (non-hydrogen) atoms. The van der Waals surface area contributed by atoms with Gasteiger partial charge < -0.3 is 0 Å². The Morgan fingerprint density at radius 1 is 1.25 bits per heavy atom. The predicted molar refractivity (Wildman–Crippen MR) is 81.9 cm³/mol. The molecule has 3 nitrogen and oxygen atoms in total. The Bertz CT molecular complexity index is 642. The molecule has 0 bridgehead atoms. The summed E-state index contributed by atoms with van der Waals surface area (Å²) in [5, 5.41) is 5.49. The number of hydrogen-bond acceptors (Lipinski definition) is 2. The molecule has 1 aromatic carbocycles. The van der Waals surface area contributed by atoms with E-state index < -0.39 is 0 Å². The van der Waals surface area contributed by atoms with Gasteiger partial charge in [0.25, 0.3) is 0 Å². The predicted octanol–water partition coefficient (Wildman–Crippen LogP) is 4.35. The number of carbonyl (C=O) groups excluding carboxylic acids is 1. The number of aromatic nitrogens is 2. The molecule has 1 aromatic heterocycles. The van der Waals surface area contributed by atoms with Gasteiger partial charge in [0.15, 0.2) is 6.29 Å². The molecular formula is C15H16Cl2N2O. The van der Waals surface area contributed by atoms with Gasteiger partial charge in [0.1, 0.15) is 5.15 Å². The number of halogens is 2. The van der Waals surface area contributed by atoms with Gasteiger partial charge in [0.05, 0.1) is 17.8 Å². The zero-order valence-corrected chi connectivity index (χ0v) is 13.2. The van der Waals surface area contributed by atoms with Crippen molar-refractivity contribution < 1.29 is 4.79 Å². The van der Waals surface area contributed by atoms with E-state index in [1.54, 1.807) is 4.68 Å². The molecule has 106 valence electrons. The first-order valence-corrected chi connectivity index (χ1v) is 7.05. The zero-order valence-electron chi connectivity index (χ0n) is 11.7. The van der Waals surface area contributed by atoms with E-state index in [9.17, 15) is 4.79 Å². The average molecular weight is 311 g/mol. The van der Waals surface area contributed by atoms with Crippen molar-refractivity contribution in [3.05, 3.63) is 51.3 Å². The highest BCUT2D eigenvalue weighted by atomic mass is 35.5. The summed E-state index contributed by atoms with van der Waals surface area (Å²) in [7, 11) is 0. The van der Waals surface area contributed by atoms with Gasteiger partial charge in [-0.1, -0.05) is 62.2 Å². The van der Waals surface area contributed by atoms with Crippen LogP contribution >= 0.6 is 23.2 Å². The maximum absolute atomic E-state index is 11.3. The van der Waals surface area contributed by atoms with E-state index in [1.165, 1.54) is 0 Å². The number of rotatable bonds is 3. The van der Waals surface area contributed by atoms with Crippen molar-refractivity contribution in [3.8, 4) is 0 Å². The summed E-state index contributed by atoms with van der Waals surface area (Å²) in [6, 6.07) is 7.51. The normalized spacial score (nSPS) is 11.7. The number of carbonyl (C=O) groups is 1. The first-order chi connectivity index (χ1) is 9.34. The summed E-state index contributed by atoms with van der Waals surface area (Å²) in [6.45, 7) is 6.44. The molecule has 0 atom stereocenters. The number of aldehydes is 1. The molecule has 0 aliphatic carbocycles. The molecule has 0 unspecified atom stereocenters. The Kier molecular flexibility index (Phi) is 4.21. The van der Waals surface area contributed by atoms with Crippen molar-refractivity contribution in [2.45, 2.75) is 32.7 Å². The third-order valence-corrected chi connectivity index (χ3v) is 3.80. The van der Waals surface area contributed by atoms with E-state index in [2.05, 4.69) is 5.10 Å². The standard InChI is InChI=1S/C15H16Cl2N2O/c1-15(2,3)13-11(9-20)14(17)19(18-13)8-10-6-4-5-7-12(10)16/h4-7,9H,8H2,1-3H3. The fourth-order valence-electron chi connectivity index (χ4n) is 2.01. The van der Waals surface area contributed by atoms with Crippen LogP contribution in [0.5, 0.6) is 0 Å². The first-order valence-electron chi connectivity index (χ1n) is 6.30. The maximum atomic E-state index is 11.3. The minimum absolute atomic E-state index is 0.244. The molecule has 0 fully saturated rings. The van der Waals surface area contributed by atoms with Crippen LogP contribution in [0.3, 0.4) is 0 Å². The molecule has 0 radical (unpaired) electrons. The second-order valence-corrected chi connectivity index (χ2v) is 6.44. The third-order valence-electron chi connectivity index (χ3n) is 3.03. The van der Waals surface area contributed by atoms with Crippen molar-refractivity contribution in [2.75, 3.05) is 0 Å². The molecule has 2 aromatic rings. The van der Waals surface area contributed by atoms with Crippen LogP contribution in [-0.2, 0) is 12.0 Å². The van der Waals surface area contributed by atoms with Crippen LogP contribution in [0.4, 0.5) is 0 Å².